The van der Waals surface area contributed by atoms with Gasteiger partial charge in [0, 0.05) is 13.0 Å². The molecular formula is C28H57NO7. The summed E-state index contributed by atoms with van der Waals surface area (Å²) in [5.41, 5.74) is 5.32. The first kappa shape index (κ1) is 35.2. The van der Waals surface area contributed by atoms with Crippen molar-refractivity contribution in [1.29, 1.82) is 0 Å². The van der Waals surface area contributed by atoms with E-state index in [0.29, 0.717) is 85.6 Å². The van der Waals surface area contributed by atoms with E-state index in [1.54, 1.807) is 0 Å². The number of carbonyl (C=O) groups is 1. The van der Waals surface area contributed by atoms with Crippen LogP contribution in [0.4, 0.5) is 0 Å². The molecule has 0 amide bonds. The topological polar surface area (TPSA) is 98.5 Å². The number of ether oxygens (including phenoxy) is 6. The summed E-state index contributed by atoms with van der Waals surface area (Å²) in [6, 6.07) is 0. The summed E-state index contributed by atoms with van der Waals surface area (Å²) in [5, 5.41) is 0. The Morgan fingerprint density at radius 1 is 0.472 bits per heavy atom. The molecule has 2 N–H and O–H groups in total. The minimum Gasteiger partial charge on any atom is -0.463 e. The fraction of sp³-hybridized carbons (Fsp3) is 0.964. The standard InChI is InChI=1S/C28H57NO7/c1-2-3-4-5-6-7-8-9-10-11-12-13-14-15-28(30)36-27-26-35-25-24-34-23-22-33-21-20-32-19-18-31-17-16-29/h2-27,29H2,1H3. The fourth-order valence-corrected chi connectivity index (χ4v) is 3.64. The van der Waals surface area contributed by atoms with Gasteiger partial charge in [-0.25, -0.2) is 0 Å². The maximum absolute atomic E-state index is 11.8. The van der Waals surface area contributed by atoms with Gasteiger partial charge in [0.25, 0.3) is 0 Å². The molecule has 8 nitrogen and oxygen atoms in total. The van der Waals surface area contributed by atoms with Gasteiger partial charge in [0.05, 0.1) is 66.1 Å². The number of unbranched alkanes of at least 4 members (excludes halogenated alkanes) is 12. The molecule has 0 heterocycles. The molecule has 0 fully saturated rings. The van der Waals surface area contributed by atoms with Gasteiger partial charge < -0.3 is 34.2 Å². The summed E-state index contributed by atoms with van der Waals surface area (Å²) in [6.45, 7) is 8.22. The molecule has 0 bridgehead atoms. The van der Waals surface area contributed by atoms with E-state index >= 15 is 0 Å². The van der Waals surface area contributed by atoms with Crippen LogP contribution in [0.1, 0.15) is 96.8 Å². The average molecular weight is 520 g/mol. The van der Waals surface area contributed by atoms with Crippen LogP contribution in [0.15, 0.2) is 0 Å². The van der Waals surface area contributed by atoms with Crippen LogP contribution >= 0.6 is 0 Å². The largest absolute Gasteiger partial charge is 0.463 e. The van der Waals surface area contributed by atoms with Crippen molar-refractivity contribution in [2.75, 3.05) is 79.2 Å². The van der Waals surface area contributed by atoms with Crippen LogP contribution in [0, 0.1) is 0 Å². The Hall–Kier alpha value is -0.770. The van der Waals surface area contributed by atoms with E-state index in [0.717, 1.165) is 12.8 Å². The highest BCUT2D eigenvalue weighted by atomic mass is 16.6. The molecule has 0 aromatic heterocycles. The molecule has 0 aliphatic carbocycles. The second-order valence-electron chi connectivity index (χ2n) is 9.06. The van der Waals surface area contributed by atoms with Gasteiger partial charge >= 0.3 is 5.97 Å². The smallest absolute Gasteiger partial charge is 0.305 e. The zero-order chi connectivity index (χ0) is 26.2. The van der Waals surface area contributed by atoms with Crippen LogP contribution in [0.2, 0.25) is 0 Å². The van der Waals surface area contributed by atoms with Crippen LogP contribution in [0.25, 0.3) is 0 Å². The van der Waals surface area contributed by atoms with Gasteiger partial charge in [0.15, 0.2) is 0 Å². The molecule has 0 unspecified atom stereocenters. The van der Waals surface area contributed by atoms with Crippen LogP contribution in [0.5, 0.6) is 0 Å². The Morgan fingerprint density at radius 2 is 0.806 bits per heavy atom. The number of hydrogen-bond donors (Lipinski definition) is 1. The van der Waals surface area contributed by atoms with Gasteiger partial charge in [-0.15, -0.1) is 0 Å². The molecule has 0 radical (unpaired) electrons. The average Bonchev–Trinajstić information content (AvgIpc) is 2.88. The van der Waals surface area contributed by atoms with Crippen molar-refractivity contribution in [3.63, 3.8) is 0 Å². The molecule has 0 aromatic carbocycles. The quantitative estimate of drug-likeness (QED) is 0.100. The molecule has 8 heteroatoms. The molecule has 0 saturated carbocycles. The first-order valence-electron chi connectivity index (χ1n) is 14.6. The van der Waals surface area contributed by atoms with E-state index in [-0.39, 0.29) is 5.97 Å². The number of nitrogens with two attached hydrogens (primary N) is 1. The summed E-state index contributed by atoms with van der Waals surface area (Å²) in [5.74, 6) is -0.123. The first-order chi connectivity index (χ1) is 17.8. The van der Waals surface area contributed by atoms with Crippen molar-refractivity contribution in [2.45, 2.75) is 96.8 Å². The lowest BCUT2D eigenvalue weighted by Crippen LogP contribution is -2.15. The molecule has 0 aliphatic rings. The summed E-state index contributed by atoms with van der Waals surface area (Å²) in [7, 11) is 0. The van der Waals surface area contributed by atoms with Crippen LogP contribution in [-0.2, 0) is 33.2 Å². The Morgan fingerprint density at radius 3 is 1.19 bits per heavy atom. The maximum Gasteiger partial charge on any atom is 0.305 e. The van der Waals surface area contributed by atoms with Crippen molar-refractivity contribution in [3.8, 4) is 0 Å². The molecule has 36 heavy (non-hydrogen) atoms. The van der Waals surface area contributed by atoms with E-state index < -0.39 is 0 Å². The molecule has 0 saturated heterocycles. The fourth-order valence-electron chi connectivity index (χ4n) is 3.64. The summed E-state index contributed by atoms with van der Waals surface area (Å²) >= 11 is 0. The van der Waals surface area contributed by atoms with Gasteiger partial charge in [-0.1, -0.05) is 84.0 Å². The van der Waals surface area contributed by atoms with Crippen molar-refractivity contribution in [2.24, 2.45) is 5.73 Å². The maximum atomic E-state index is 11.8. The molecule has 0 aliphatic heterocycles. The second kappa shape index (κ2) is 32.3. The van der Waals surface area contributed by atoms with E-state index in [9.17, 15) is 4.79 Å². The Balaban J connectivity index is 3.13. The van der Waals surface area contributed by atoms with Gasteiger partial charge in [-0.2, -0.15) is 0 Å². The van der Waals surface area contributed by atoms with Gasteiger partial charge in [0.2, 0.25) is 0 Å². The highest BCUT2D eigenvalue weighted by Crippen LogP contribution is 2.13. The third-order valence-electron chi connectivity index (χ3n) is 5.73. The van der Waals surface area contributed by atoms with Crippen LogP contribution in [0.3, 0.4) is 0 Å². The second-order valence-corrected chi connectivity index (χ2v) is 9.06. The lowest BCUT2D eigenvalue weighted by Gasteiger charge is -2.08. The van der Waals surface area contributed by atoms with Crippen molar-refractivity contribution >= 4 is 5.97 Å². The van der Waals surface area contributed by atoms with E-state index in [1.165, 1.54) is 70.6 Å². The third-order valence-corrected chi connectivity index (χ3v) is 5.73. The number of rotatable bonds is 31. The molecule has 0 aromatic rings. The minimum atomic E-state index is -0.123. The Kier molecular flexibility index (Phi) is 31.6. The van der Waals surface area contributed by atoms with E-state index in [2.05, 4.69) is 6.92 Å². The highest BCUT2D eigenvalue weighted by Gasteiger charge is 2.02. The predicted molar refractivity (Wildman–Crippen MR) is 144 cm³/mol. The number of esters is 1. The van der Waals surface area contributed by atoms with Gasteiger partial charge in [-0.05, 0) is 6.42 Å². The zero-order valence-corrected chi connectivity index (χ0v) is 23.3. The minimum absolute atomic E-state index is 0.123. The summed E-state index contributed by atoms with van der Waals surface area (Å²) in [4.78, 5) is 11.8. The van der Waals surface area contributed by atoms with Crippen LogP contribution in [-0.4, -0.2) is 85.2 Å². The molecular weight excluding hydrogens is 462 g/mol. The van der Waals surface area contributed by atoms with Crippen molar-refractivity contribution in [1.82, 2.24) is 0 Å². The third kappa shape index (κ3) is 31.3. The molecule has 0 atom stereocenters. The van der Waals surface area contributed by atoms with Crippen molar-refractivity contribution < 1.29 is 33.2 Å². The normalized spacial score (nSPS) is 11.3. The number of carbonyl (C=O) groups excluding carboxylic acids is 1. The molecule has 0 spiro atoms. The van der Waals surface area contributed by atoms with Crippen molar-refractivity contribution in [3.05, 3.63) is 0 Å². The lowest BCUT2D eigenvalue weighted by atomic mass is 10.0. The Bertz CT molecular complexity index is 427. The van der Waals surface area contributed by atoms with E-state index in [4.69, 9.17) is 34.2 Å². The predicted octanol–water partition coefficient (Wildman–Crippen LogP) is 5.05. The monoisotopic (exact) mass is 519 g/mol. The summed E-state index contributed by atoms with van der Waals surface area (Å²) < 4.78 is 32.0. The molecule has 0 rings (SSSR count). The van der Waals surface area contributed by atoms with Gasteiger partial charge in [0.1, 0.15) is 6.61 Å². The van der Waals surface area contributed by atoms with Gasteiger partial charge in [-0.3, -0.25) is 4.79 Å². The highest BCUT2D eigenvalue weighted by molar-refractivity contribution is 5.69. The number of hydrogen-bond acceptors (Lipinski definition) is 8. The summed E-state index contributed by atoms with van der Waals surface area (Å²) in [6.07, 6.45) is 17.4. The molecule has 216 valence electrons. The van der Waals surface area contributed by atoms with Crippen LogP contribution < -0.4 is 5.73 Å². The SMILES string of the molecule is CCCCCCCCCCCCCCCC(=O)OCCOCCOCCOCCOCCOCCN. The first-order valence-corrected chi connectivity index (χ1v) is 14.6. The lowest BCUT2D eigenvalue weighted by molar-refractivity contribution is -0.145. The van der Waals surface area contributed by atoms with E-state index in [1.807, 2.05) is 0 Å². The Labute approximate surface area is 221 Å². The zero-order valence-electron chi connectivity index (χ0n) is 23.3.